The summed E-state index contributed by atoms with van der Waals surface area (Å²) in [5.41, 5.74) is 13.7. The summed E-state index contributed by atoms with van der Waals surface area (Å²) in [7, 11) is 0. The topological polar surface area (TPSA) is 131 Å². The fraction of sp³-hybridized carbons (Fsp3) is 0.355. The summed E-state index contributed by atoms with van der Waals surface area (Å²) < 4.78 is 1.80. The first-order chi connectivity index (χ1) is 20.0. The molecule has 1 amide bonds. The lowest BCUT2D eigenvalue weighted by Gasteiger charge is -2.39. The van der Waals surface area contributed by atoms with Gasteiger partial charge in [0.15, 0.2) is 5.65 Å². The molecule has 4 aromatic heterocycles. The number of nitrogen functional groups attached to an aromatic ring is 1. The third-order valence-electron chi connectivity index (χ3n) is 9.04. The summed E-state index contributed by atoms with van der Waals surface area (Å²) in [4.78, 5) is 28.5. The Morgan fingerprint density at radius 3 is 2.37 bits per heavy atom. The van der Waals surface area contributed by atoms with Crippen LogP contribution >= 0.6 is 0 Å². The van der Waals surface area contributed by atoms with E-state index >= 15 is 0 Å². The first-order valence-electron chi connectivity index (χ1n) is 14.5. The van der Waals surface area contributed by atoms with Crippen molar-refractivity contribution in [2.24, 2.45) is 0 Å². The first kappa shape index (κ1) is 24.2. The van der Waals surface area contributed by atoms with Crippen molar-refractivity contribution in [2.75, 3.05) is 5.73 Å². The Hall–Kier alpha value is -4.60. The van der Waals surface area contributed by atoms with Crippen LogP contribution in [0.2, 0.25) is 0 Å². The molecule has 10 heteroatoms. The second-order valence-corrected chi connectivity index (χ2v) is 11.7. The highest BCUT2D eigenvalue weighted by atomic mass is 16.2. The predicted molar refractivity (Wildman–Crippen MR) is 154 cm³/mol. The zero-order valence-corrected chi connectivity index (χ0v) is 22.9. The van der Waals surface area contributed by atoms with Crippen molar-refractivity contribution in [3.8, 4) is 22.4 Å². The maximum absolute atomic E-state index is 13.4. The van der Waals surface area contributed by atoms with Gasteiger partial charge in [0.2, 0.25) is 5.82 Å². The standard InChI is InChI=1S/C31H31N9O/c1-17-35-29(38-37-17)31(41)39-22-10-11-23(39)14-21(13-22)27-26(19-7-8-19)28(32)40-30(36-27)24(16-34-40)20-9-12-25(33-15-20)18-5-3-2-4-6-18/h2-6,9,12,15-16,19,21-23H,7-8,10-11,13-14,32H2,1H3,(H,35,37,38)/t21-,22+,23-. The second-order valence-electron chi connectivity index (χ2n) is 11.7. The Bertz CT molecular complexity index is 1760. The number of anilines is 1. The lowest BCUT2D eigenvalue weighted by atomic mass is 9.85. The maximum Gasteiger partial charge on any atom is 0.292 e. The molecular weight excluding hydrogens is 514 g/mol. The molecular formula is C31H31N9O. The summed E-state index contributed by atoms with van der Waals surface area (Å²) in [6.07, 6.45) is 9.71. The number of pyridine rings is 1. The Kier molecular flexibility index (Phi) is 5.45. The SMILES string of the molecule is Cc1nnc(C(=O)N2[C@@H]3CC[C@H]2C[C@@H](c2nc4c(-c5ccc(-c6ccccc6)nc5)cnn4c(N)c2C2CC2)C3)[nH]1. The number of amides is 1. The van der Waals surface area contributed by atoms with Gasteiger partial charge in [-0.1, -0.05) is 36.4 Å². The van der Waals surface area contributed by atoms with E-state index in [1.807, 2.05) is 48.5 Å². The Balaban J connectivity index is 1.15. The van der Waals surface area contributed by atoms with Gasteiger partial charge >= 0.3 is 0 Å². The molecule has 3 atom stereocenters. The van der Waals surface area contributed by atoms with Crippen LogP contribution in [0.1, 0.15) is 78.1 Å². The number of fused-ring (bicyclic) bond motifs is 3. The van der Waals surface area contributed by atoms with Gasteiger partial charge in [0, 0.05) is 46.5 Å². The van der Waals surface area contributed by atoms with Gasteiger partial charge in [-0.3, -0.25) is 9.78 Å². The Morgan fingerprint density at radius 1 is 0.927 bits per heavy atom. The van der Waals surface area contributed by atoms with Gasteiger partial charge in [-0.15, -0.1) is 10.2 Å². The van der Waals surface area contributed by atoms with E-state index in [0.717, 1.165) is 77.8 Å². The zero-order valence-electron chi connectivity index (χ0n) is 22.9. The van der Waals surface area contributed by atoms with Crippen LogP contribution in [0.15, 0.2) is 54.9 Å². The van der Waals surface area contributed by atoms with Crippen molar-refractivity contribution >= 4 is 17.4 Å². The molecule has 10 nitrogen and oxygen atoms in total. The van der Waals surface area contributed by atoms with Crippen molar-refractivity contribution in [2.45, 2.75) is 69.4 Å². The van der Waals surface area contributed by atoms with Crippen molar-refractivity contribution in [1.29, 1.82) is 0 Å². The number of H-pyrrole nitrogens is 1. The van der Waals surface area contributed by atoms with Gasteiger partial charge in [-0.05, 0) is 57.4 Å². The highest BCUT2D eigenvalue weighted by Gasteiger charge is 2.46. The minimum absolute atomic E-state index is 0.0496. The molecule has 0 unspecified atom stereocenters. The predicted octanol–water partition coefficient (Wildman–Crippen LogP) is 4.90. The van der Waals surface area contributed by atoms with E-state index < -0.39 is 0 Å². The average molecular weight is 546 g/mol. The van der Waals surface area contributed by atoms with Crippen molar-refractivity contribution in [3.05, 3.63) is 77.8 Å². The molecule has 41 heavy (non-hydrogen) atoms. The zero-order chi connectivity index (χ0) is 27.7. The minimum atomic E-state index is -0.0496. The average Bonchev–Trinajstić information content (AvgIpc) is 3.49. The van der Waals surface area contributed by atoms with Gasteiger partial charge in [-0.2, -0.15) is 9.61 Å². The fourth-order valence-electron chi connectivity index (χ4n) is 6.98. The van der Waals surface area contributed by atoms with Gasteiger partial charge in [0.1, 0.15) is 11.6 Å². The van der Waals surface area contributed by atoms with Crippen LogP contribution in [0.5, 0.6) is 0 Å². The number of benzene rings is 1. The largest absolute Gasteiger partial charge is 0.383 e. The molecule has 1 saturated carbocycles. The number of carbonyl (C=O) groups excluding carboxylic acids is 1. The van der Waals surface area contributed by atoms with Crippen molar-refractivity contribution in [1.82, 2.24) is 39.7 Å². The molecule has 0 spiro atoms. The van der Waals surface area contributed by atoms with Gasteiger partial charge in [0.25, 0.3) is 5.91 Å². The van der Waals surface area contributed by atoms with Crippen molar-refractivity contribution in [3.63, 3.8) is 0 Å². The van der Waals surface area contributed by atoms with Crippen LogP contribution < -0.4 is 5.73 Å². The molecule has 0 radical (unpaired) electrons. The molecule has 1 aromatic carbocycles. The van der Waals surface area contributed by atoms with Crippen LogP contribution in [-0.4, -0.2) is 57.7 Å². The number of aromatic amines is 1. The fourth-order valence-corrected chi connectivity index (χ4v) is 6.98. The monoisotopic (exact) mass is 545 g/mol. The number of hydrogen-bond donors (Lipinski definition) is 2. The number of aryl methyl sites for hydroxylation is 1. The van der Waals surface area contributed by atoms with E-state index in [0.29, 0.717) is 23.4 Å². The molecule has 1 aliphatic carbocycles. The molecule has 3 N–H and O–H groups in total. The van der Waals surface area contributed by atoms with Crippen molar-refractivity contribution < 1.29 is 4.79 Å². The number of nitrogens with two attached hydrogens (primary N) is 1. The molecule has 3 fully saturated rings. The number of nitrogens with zero attached hydrogens (tertiary/aromatic N) is 7. The molecule has 206 valence electrons. The highest BCUT2D eigenvalue weighted by Crippen LogP contribution is 2.50. The smallest absolute Gasteiger partial charge is 0.292 e. The molecule has 5 aromatic rings. The summed E-state index contributed by atoms with van der Waals surface area (Å²) in [6.45, 7) is 1.81. The highest BCUT2D eigenvalue weighted by molar-refractivity contribution is 5.91. The van der Waals surface area contributed by atoms with E-state index in [1.165, 1.54) is 0 Å². The quantitative estimate of drug-likeness (QED) is 0.321. The molecule has 3 aliphatic rings. The van der Waals surface area contributed by atoms with Gasteiger partial charge in [0.05, 0.1) is 17.6 Å². The lowest BCUT2D eigenvalue weighted by molar-refractivity contribution is 0.0557. The van der Waals surface area contributed by atoms with Crippen LogP contribution in [0.25, 0.3) is 28.0 Å². The number of carbonyl (C=O) groups is 1. The summed E-state index contributed by atoms with van der Waals surface area (Å²) in [6, 6.07) is 14.6. The lowest BCUT2D eigenvalue weighted by Crippen LogP contribution is -2.46. The van der Waals surface area contributed by atoms with E-state index in [1.54, 1.807) is 4.52 Å². The van der Waals surface area contributed by atoms with Crippen LogP contribution in [0.3, 0.4) is 0 Å². The minimum Gasteiger partial charge on any atom is -0.383 e. The number of aromatic nitrogens is 7. The first-order valence-corrected chi connectivity index (χ1v) is 14.5. The third-order valence-corrected chi connectivity index (χ3v) is 9.04. The van der Waals surface area contributed by atoms with Gasteiger partial charge in [-0.25, -0.2) is 4.98 Å². The summed E-state index contributed by atoms with van der Waals surface area (Å²) >= 11 is 0. The number of piperidine rings is 1. The van der Waals surface area contributed by atoms with Crippen LogP contribution in [0.4, 0.5) is 5.82 Å². The van der Waals surface area contributed by atoms with Crippen LogP contribution in [-0.2, 0) is 0 Å². The van der Waals surface area contributed by atoms with E-state index in [9.17, 15) is 4.79 Å². The van der Waals surface area contributed by atoms with E-state index in [4.69, 9.17) is 15.7 Å². The second kappa shape index (κ2) is 9.22. The number of rotatable bonds is 5. The van der Waals surface area contributed by atoms with Gasteiger partial charge < -0.3 is 15.6 Å². The molecule has 2 aliphatic heterocycles. The third kappa shape index (κ3) is 4.00. The molecule has 2 saturated heterocycles. The summed E-state index contributed by atoms with van der Waals surface area (Å²) in [5, 5.41) is 12.7. The summed E-state index contributed by atoms with van der Waals surface area (Å²) in [5.74, 6) is 2.28. The van der Waals surface area contributed by atoms with E-state index in [-0.39, 0.29) is 23.9 Å². The molecule has 8 rings (SSSR count). The van der Waals surface area contributed by atoms with Crippen LogP contribution in [0, 0.1) is 6.92 Å². The normalized spacial score (nSPS) is 22.0. The Labute approximate surface area is 237 Å². The molecule has 2 bridgehead atoms. The maximum atomic E-state index is 13.4. The Morgan fingerprint density at radius 2 is 1.71 bits per heavy atom. The molecule has 6 heterocycles. The van der Waals surface area contributed by atoms with E-state index in [2.05, 4.69) is 38.5 Å². The number of hydrogen-bond acceptors (Lipinski definition) is 7. The number of nitrogens with one attached hydrogen (secondary N) is 1.